The van der Waals surface area contributed by atoms with Crippen molar-refractivity contribution in [2.75, 3.05) is 43.4 Å². The smallest absolute Gasteiger partial charge is 0.349 e. The molecule has 0 unspecified atom stereocenters. The second-order valence-electron chi connectivity index (χ2n) is 21.5. The predicted octanol–water partition coefficient (Wildman–Crippen LogP) is 3.50. The lowest BCUT2D eigenvalue weighted by Gasteiger charge is -2.09. The van der Waals surface area contributed by atoms with Gasteiger partial charge >= 0.3 is 11.4 Å². The van der Waals surface area contributed by atoms with Gasteiger partial charge in [0.2, 0.25) is 29.6 Å². The average molecular weight is 1170 g/mol. The van der Waals surface area contributed by atoms with Crippen molar-refractivity contribution in [2.24, 2.45) is 23.7 Å². The first-order valence-corrected chi connectivity index (χ1v) is 27.7. The standard InChI is InChI=1S/C16H21N5O2.C16H21N5O.C14H20N4O2.C14H19N3O3/c1-9(2)14(22)18-7-5-6-11-8-21(10(3)4)13-12(11)15(23)20-16(17)19-13;1-10(2)16(22)18-7-5-6-12-8-21(11(3)4)15-13(12)14(17)19-9-20-15;1-9(2)13(19)16-7-5-6-11-8-18(10(3)4)14(20)17-12(11)15;1-9(2)12(18)15-7-5-6-11-8-17(10(3)4)14(20)16-13(11)19/h8-10H,7H2,1-4H3,(H,18,22)(H3,17,19,20,23);8-11H,7H2,1-4H3,(H,18,22)(H2,17,19,20);8-10H,7H2,1-4H3,(H,16,19)(H2,15,17,20);8-10H,7H2,1-4H3,(H,15,18)(H,16,19,20). The Hall–Kier alpha value is -9.88. The Balaban J connectivity index is 0.000000297. The van der Waals surface area contributed by atoms with Crippen LogP contribution >= 0.6 is 0 Å². The van der Waals surface area contributed by atoms with Crippen LogP contribution in [0.2, 0.25) is 0 Å². The highest BCUT2D eigenvalue weighted by molar-refractivity contribution is 5.92. The van der Waals surface area contributed by atoms with E-state index >= 15 is 0 Å². The molecule has 0 aromatic carbocycles. The molecule has 0 fully saturated rings. The van der Waals surface area contributed by atoms with Crippen LogP contribution in [0.1, 0.15) is 157 Å². The minimum atomic E-state index is -0.519. The summed E-state index contributed by atoms with van der Waals surface area (Å²) in [5.41, 5.74) is 18.9. The summed E-state index contributed by atoms with van der Waals surface area (Å²) in [5, 5.41) is 12.0. The van der Waals surface area contributed by atoms with Gasteiger partial charge in [-0.2, -0.15) is 9.97 Å². The minimum absolute atomic E-state index is 0.0123. The molecule has 6 aromatic heterocycles. The zero-order chi connectivity index (χ0) is 64.0. The van der Waals surface area contributed by atoms with Crippen LogP contribution in [0.4, 0.5) is 17.6 Å². The van der Waals surface area contributed by atoms with Gasteiger partial charge in [0.1, 0.15) is 29.2 Å². The fourth-order valence-corrected chi connectivity index (χ4v) is 7.06. The van der Waals surface area contributed by atoms with Gasteiger partial charge in [0.25, 0.3) is 11.1 Å². The molecule has 25 heteroatoms. The van der Waals surface area contributed by atoms with Crippen LogP contribution in [0.5, 0.6) is 0 Å². The van der Waals surface area contributed by atoms with Crippen LogP contribution in [0.25, 0.3) is 22.1 Å². The number of nitrogen functional groups attached to an aromatic ring is 3. The van der Waals surface area contributed by atoms with E-state index in [0.717, 1.165) is 16.6 Å². The Kier molecular flexibility index (Phi) is 26.7. The highest BCUT2D eigenvalue weighted by Gasteiger charge is 2.17. The maximum absolute atomic E-state index is 12.2. The quantitative estimate of drug-likeness (QED) is 0.0792. The normalized spacial score (nSPS) is 10.6. The average Bonchev–Trinajstić information content (AvgIpc) is 2.11. The third-order valence-electron chi connectivity index (χ3n) is 11.9. The third-order valence-corrected chi connectivity index (χ3v) is 11.9. The van der Waals surface area contributed by atoms with Crippen molar-refractivity contribution in [2.45, 2.75) is 135 Å². The fourth-order valence-electron chi connectivity index (χ4n) is 7.06. The molecule has 6 heterocycles. The van der Waals surface area contributed by atoms with Crippen LogP contribution in [0.15, 0.2) is 50.3 Å². The third kappa shape index (κ3) is 20.8. The molecule has 0 saturated carbocycles. The van der Waals surface area contributed by atoms with Gasteiger partial charge in [-0.25, -0.2) is 19.6 Å². The van der Waals surface area contributed by atoms with Crippen LogP contribution < -0.4 is 61.0 Å². The largest absolute Gasteiger partial charge is 0.383 e. The molecule has 0 aliphatic heterocycles. The molecule has 0 aliphatic carbocycles. The van der Waals surface area contributed by atoms with Crippen molar-refractivity contribution in [3.63, 3.8) is 0 Å². The molecular weight excluding hydrogens is 1090 g/mol. The summed E-state index contributed by atoms with van der Waals surface area (Å²) >= 11 is 0. The second kappa shape index (κ2) is 32.7. The number of hydrogen-bond acceptors (Lipinski definition) is 15. The molecule has 12 N–H and O–H groups in total. The molecule has 85 heavy (non-hydrogen) atoms. The van der Waals surface area contributed by atoms with Crippen molar-refractivity contribution in [1.82, 2.24) is 69.4 Å². The monoisotopic (exact) mass is 1170 g/mol. The summed E-state index contributed by atoms with van der Waals surface area (Å²) in [7, 11) is 0. The second-order valence-corrected chi connectivity index (χ2v) is 21.5. The van der Waals surface area contributed by atoms with Gasteiger partial charge in [-0.3, -0.25) is 47.9 Å². The summed E-state index contributed by atoms with van der Waals surface area (Å²) in [4.78, 5) is 114. The van der Waals surface area contributed by atoms with E-state index in [0.29, 0.717) is 34.5 Å². The Labute approximate surface area is 494 Å². The SMILES string of the molecule is CC(C)C(=O)NCC#Cc1cn(C(C)C)c(=O)[nH]c1=O.CC(C)C(=O)NCC#Cc1cn(C(C)C)c(=O)nc1N.CC(C)C(=O)NCC#Cc1cn(C(C)C)c2nc(N)[nH]c(=O)c12.CC(C)C(=O)NCC#Cc1cn(C(C)C)c2ncnc(N)c12. The molecule has 0 radical (unpaired) electrons. The van der Waals surface area contributed by atoms with Gasteiger partial charge in [0.15, 0.2) is 5.65 Å². The van der Waals surface area contributed by atoms with Crippen LogP contribution in [0, 0.1) is 71.0 Å². The first kappa shape index (κ1) is 69.4. The van der Waals surface area contributed by atoms with Gasteiger partial charge in [-0.15, -0.1) is 0 Å². The van der Waals surface area contributed by atoms with E-state index in [1.54, 1.807) is 26.2 Å². The molecule has 6 rings (SSSR count). The lowest BCUT2D eigenvalue weighted by molar-refractivity contribution is -0.124. The molecular formula is C60H81N17O8. The summed E-state index contributed by atoms with van der Waals surface area (Å²) in [6.07, 6.45) is 8.19. The fraction of sp³-hybridized carbons (Fsp3) is 0.467. The first-order chi connectivity index (χ1) is 39.9. The number of carbonyl (C=O) groups is 4. The Morgan fingerprint density at radius 2 is 0.824 bits per heavy atom. The van der Waals surface area contributed by atoms with Crippen molar-refractivity contribution in [3.8, 4) is 47.4 Å². The number of aromatic amines is 2. The van der Waals surface area contributed by atoms with E-state index in [-0.39, 0.29) is 114 Å². The minimum Gasteiger partial charge on any atom is -0.383 e. The van der Waals surface area contributed by atoms with E-state index < -0.39 is 16.9 Å². The lowest BCUT2D eigenvalue weighted by Crippen LogP contribution is -2.32. The first-order valence-electron chi connectivity index (χ1n) is 27.7. The molecule has 0 saturated heterocycles. The van der Waals surface area contributed by atoms with Crippen molar-refractivity contribution in [1.29, 1.82) is 0 Å². The zero-order valence-corrected chi connectivity index (χ0v) is 51.4. The summed E-state index contributed by atoms with van der Waals surface area (Å²) in [5.74, 6) is 22.8. The number of hydrogen-bond donors (Lipinski definition) is 9. The van der Waals surface area contributed by atoms with Gasteiger partial charge in [0.05, 0.1) is 53.6 Å². The van der Waals surface area contributed by atoms with E-state index in [2.05, 4.69) is 112 Å². The molecule has 0 aliphatic rings. The van der Waals surface area contributed by atoms with Crippen molar-refractivity contribution < 1.29 is 19.2 Å². The molecule has 0 atom stereocenters. The Morgan fingerprint density at radius 1 is 0.447 bits per heavy atom. The number of nitrogens with two attached hydrogens (primary N) is 3. The maximum Gasteiger partial charge on any atom is 0.349 e. The Bertz CT molecular complexity index is 3860. The summed E-state index contributed by atoms with van der Waals surface area (Å²) < 4.78 is 6.74. The number of amides is 4. The number of nitrogens with zero attached hydrogens (tertiary/aromatic N) is 8. The number of rotatable bonds is 12. The van der Waals surface area contributed by atoms with Crippen LogP contribution in [0.3, 0.4) is 0 Å². The maximum atomic E-state index is 12.2. The Morgan fingerprint density at radius 3 is 1.25 bits per heavy atom. The summed E-state index contributed by atoms with van der Waals surface area (Å²) in [6.45, 7) is 31.0. The highest BCUT2D eigenvalue weighted by Crippen LogP contribution is 2.26. The van der Waals surface area contributed by atoms with E-state index in [1.807, 2.05) is 98.4 Å². The van der Waals surface area contributed by atoms with Gasteiger partial charge in [0, 0.05) is 72.6 Å². The molecule has 6 aromatic rings. The predicted molar refractivity (Wildman–Crippen MR) is 331 cm³/mol. The molecule has 0 bridgehead atoms. The number of nitrogens with one attached hydrogen (secondary N) is 6. The van der Waals surface area contributed by atoms with E-state index in [9.17, 15) is 38.4 Å². The lowest BCUT2D eigenvalue weighted by atomic mass is 10.2. The number of fused-ring (bicyclic) bond motifs is 2. The summed E-state index contributed by atoms with van der Waals surface area (Å²) in [6, 6.07) is 0.271. The topological polar surface area (TPSA) is 366 Å². The molecule has 4 amide bonds. The van der Waals surface area contributed by atoms with Gasteiger partial charge in [-0.05, 0) is 55.4 Å². The zero-order valence-electron chi connectivity index (χ0n) is 51.4. The number of anilines is 3. The van der Waals surface area contributed by atoms with Crippen LogP contribution in [-0.4, -0.2) is 98.0 Å². The number of carbonyl (C=O) groups excluding carboxylic acids is 4. The van der Waals surface area contributed by atoms with E-state index in [1.165, 1.54) is 21.7 Å². The highest BCUT2D eigenvalue weighted by atomic mass is 16.2. The molecule has 25 nitrogen and oxygen atoms in total. The molecule has 454 valence electrons. The van der Waals surface area contributed by atoms with E-state index in [4.69, 9.17) is 17.2 Å². The van der Waals surface area contributed by atoms with Crippen molar-refractivity contribution >= 4 is 63.3 Å². The van der Waals surface area contributed by atoms with Crippen molar-refractivity contribution in [3.05, 3.63) is 95.0 Å². The number of aromatic nitrogens is 10. The molecule has 0 spiro atoms. The number of H-pyrrole nitrogens is 2. The van der Waals surface area contributed by atoms with Gasteiger partial charge in [-0.1, -0.05) is 103 Å². The van der Waals surface area contributed by atoms with Gasteiger partial charge < -0.3 is 47.6 Å². The van der Waals surface area contributed by atoms with Crippen LogP contribution in [-0.2, 0) is 19.2 Å².